The van der Waals surface area contributed by atoms with Crippen LogP contribution in [0.25, 0.3) is 0 Å². The first-order valence-electron chi connectivity index (χ1n) is 6.63. The van der Waals surface area contributed by atoms with E-state index >= 15 is 0 Å². The van der Waals surface area contributed by atoms with Gasteiger partial charge in [-0.1, -0.05) is 6.92 Å². The highest BCUT2D eigenvalue weighted by Gasteiger charge is 2.36. The Balaban J connectivity index is 2.42. The van der Waals surface area contributed by atoms with Gasteiger partial charge in [0.1, 0.15) is 0 Å². The van der Waals surface area contributed by atoms with Crippen molar-refractivity contribution in [2.24, 2.45) is 5.92 Å². The lowest BCUT2D eigenvalue weighted by molar-refractivity contribution is 0.202. The van der Waals surface area contributed by atoms with Crippen molar-refractivity contribution in [2.45, 2.75) is 37.8 Å². The van der Waals surface area contributed by atoms with E-state index in [1.807, 2.05) is 6.92 Å². The molecule has 1 aromatic rings. The minimum absolute atomic E-state index is 0.0189. The Bertz CT molecular complexity index is 545. The smallest absolute Gasteiger partial charge is 0.262 e. The van der Waals surface area contributed by atoms with Gasteiger partial charge in [0.15, 0.2) is 5.03 Å². The number of aromatic nitrogens is 1. The molecule has 19 heavy (non-hydrogen) atoms. The topological polar surface area (TPSA) is 62.3 Å². The zero-order valence-corrected chi connectivity index (χ0v) is 12.4. The van der Waals surface area contributed by atoms with Gasteiger partial charge in [0, 0.05) is 25.8 Å². The molecule has 2 heterocycles. The fourth-order valence-electron chi connectivity index (χ4n) is 2.53. The number of hydrogen-bond acceptors (Lipinski definition) is 4. The summed E-state index contributed by atoms with van der Waals surface area (Å²) in [5.74, 6) is 0.380. The lowest BCUT2D eigenvalue weighted by Gasteiger charge is -2.36. The molecule has 0 aliphatic carbocycles. The summed E-state index contributed by atoms with van der Waals surface area (Å²) in [5, 5.41) is 3.02. The summed E-state index contributed by atoms with van der Waals surface area (Å²) in [7, 11) is -1.82. The molecule has 1 fully saturated rings. The molecule has 0 amide bonds. The third kappa shape index (κ3) is 2.60. The fourth-order valence-corrected chi connectivity index (χ4v) is 4.41. The third-order valence-electron chi connectivity index (χ3n) is 3.91. The van der Waals surface area contributed by atoms with E-state index in [2.05, 4.69) is 17.2 Å². The average molecular weight is 283 g/mol. The zero-order chi connectivity index (χ0) is 14.0. The maximum Gasteiger partial charge on any atom is 0.262 e. The predicted octanol–water partition coefficient (Wildman–Crippen LogP) is 1.93. The monoisotopic (exact) mass is 283 g/mol. The Morgan fingerprint density at radius 3 is 2.84 bits per heavy atom. The van der Waals surface area contributed by atoms with Gasteiger partial charge in [-0.05, 0) is 37.8 Å². The van der Waals surface area contributed by atoms with Gasteiger partial charge in [0.05, 0.1) is 5.69 Å². The van der Waals surface area contributed by atoms with Gasteiger partial charge in [0.2, 0.25) is 0 Å². The van der Waals surface area contributed by atoms with Crippen LogP contribution in [0.2, 0.25) is 0 Å². The molecule has 1 aliphatic heterocycles. The minimum Gasteiger partial charge on any atom is -0.386 e. The highest BCUT2D eigenvalue weighted by Crippen LogP contribution is 2.30. The van der Waals surface area contributed by atoms with Crippen molar-refractivity contribution in [1.29, 1.82) is 0 Å². The molecular formula is C13H21N3O2S. The summed E-state index contributed by atoms with van der Waals surface area (Å²) in [6.07, 6.45) is 3.51. The van der Waals surface area contributed by atoms with Crippen molar-refractivity contribution in [3.8, 4) is 0 Å². The summed E-state index contributed by atoms with van der Waals surface area (Å²) < 4.78 is 27.1. The van der Waals surface area contributed by atoms with E-state index in [4.69, 9.17) is 0 Å². The van der Waals surface area contributed by atoms with Crippen molar-refractivity contribution in [3.05, 3.63) is 18.3 Å². The second-order valence-electron chi connectivity index (χ2n) is 5.08. The van der Waals surface area contributed by atoms with Gasteiger partial charge in [-0.2, -0.15) is 4.31 Å². The van der Waals surface area contributed by atoms with Crippen LogP contribution in [0.3, 0.4) is 0 Å². The molecule has 0 bridgehead atoms. The Labute approximate surface area is 115 Å². The van der Waals surface area contributed by atoms with Crippen LogP contribution in [0, 0.1) is 5.92 Å². The third-order valence-corrected chi connectivity index (χ3v) is 5.86. The van der Waals surface area contributed by atoms with Gasteiger partial charge < -0.3 is 5.32 Å². The maximum absolute atomic E-state index is 12.7. The molecule has 106 valence electrons. The molecule has 2 rings (SSSR count). The highest BCUT2D eigenvalue weighted by atomic mass is 32.2. The number of piperidine rings is 1. The largest absolute Gasteiger partial charge is 0.386 e. The number of nitrogens with one attached hydrogen (secondary N) is 1. The summed E-state index contributed by atoms with van der Waals surface area (Å²) >= 11 is 0. The van der Waals surface area contributed by atoms with Crippen LogP contribution in [-0.4, -0.2) is 37.3 Å². The summed E-state index contributed by atoms with van der Waals surface area (Å²) in [6.45, 7) is 4.65. The second-order valence-corrected chi connectivity index (χ2v) is 6.89. The number of nitrogens with zero attached hydrogens (tertiary/aromatic N) is 2. The van der Waals surface area contributed by atoms with Crippen LogP contribution in [0.4, 0.5) is 5.69 Å². The van der Waals surface area contributed by atoms with Gasteiger partial charge in [-0.3, -0.25) is 0 Å². The van der Waals surface area contributed by atoms with Crippen molar-refractivity contribution < 1.29 is 8.42 Å². The van der Waals surface area contributed by atoms with Crippen LogP contribution in [0.5, 0.6) is 0 Å². The van der Waals surface area contributed by atoms with Crippen molar-refractivity contribution in [3.63, 3.8) is 0 Å². The molecule has 1 saturated heterocycles. The SMILES string of the molecule is CNc1cccnc1S(=O)(=O)N1CCCC(C)C1C. The van der Waals surface area contributed by atoms with Gasteiger partial charge in [-0.25, -0.2) is 13.4 Å². The quantitative estimate of drug-likeness (QED) is 0.920. The number of pyridine rings is 1. The lowest BCUT2D eigenvalue weighted by Crippen LogP contribution is -2.46. The molecule has 6 heteroatoms. The molecule has 0 aromatic carbocycles. The molecule has 1 N–H and O–H groups in total. The fraction of sp³-hybridized carbons (Fsp3) is 0.615. The lowest BCUT2D eigenvalue weighted by atomic mass is 9.94. The molecule has 5 nitrogen and oxygen atoms in total. The Morgan fingerprint density at radius 2 is 2.16 bits per heavy atom. The highest BCUT2D eigenvalue weighted by molar-refractivity contribution is 7.89. The molecule has 0 spiro atoms. The molecule has 0 saturated carbocycles. The van der Waals surface area contributed by atoms with E-state index in [9.17, 15) is 8.42 Å². The van der Waals surface area contributed by atoms with Crippen LogP contribution in [-0.2, 0) is 10.0 Å². The standard InChI is InChI=1S/C13H21N3O2S/c1-10-6-5-9-16(11(10)2)19(17,18)13-12(14-3)7-4-8-15-13/h4,7-8,10-11,14H,5-6,9H2,1-3H3. The molecule has 2 atom stereocenters. The van der Waals surface area contributed by atoms with Crippen LogP contribution >= 0.6 is 0 Å². The van der Waals surface area contributed by atoms with E-state index < -0.39 is 10.0 Å². The van der Waals surface area contributed by atoms with Crippen molar-refractivity contribution in [2.75, 3.05) is 18.9 Å². The molecule has 0 radical (unpaired) electrons. The van der Waals surface area contributed by atoms with E-state index in [0.717, 1.165) is 12.8 Å². The number of anilines is 1. The predicted molar refractivity (Wildman–Crippen MR) is 75.5 cm³/mol. The first kappa shape index (κ1) is 14.3. The minimum atomic E-state index is -3.53. The van der Waals surface area contributed by atoms with Gasteiger partial charge in [-0.15, -0.1) is 0 Å². The van der Waals surface area contributed by atoms with E-state index in [1.54, 1.807) is 23.5 Å². The van der Waals surface area contributed by atoms with E-state index in [1.165, 1.54) is 6.20 Å². The summed E-state index contributed by atoms with van der Waals surface area (Å²) in [6, 6.07) is 3.48. The molecular weight excluding hydrogens is 262 g/mol. The summed E-state index contributed by atoms with van der Waals surface area (Å²) in [4.78, 5) is 4.06. The Morgan fingerprint density at radius 1 is 1.42 bits per heavy atom. The number of sulfonamides is 1. The first-order chi connectivity index (χ1) is 8.98. The van der Waals surface area contributed by atoms with Crippen LogP contribution < -0.4 is 5.32 Å². The average Bonchev–Trinajstić information content (AvgIpc) is 2.41. The molecule has 2 unspecified atom stereocenters. The van der Waals surface area contributed by atoms with Crippen LogP contribution in [0.1, 0.15) is 26.7 Å². The maximum atomic E-state index is 12.7. The molecule has 1 aromatic heterocycles. The van der Waals surface area contributed by atoms with Crippen molar-refractivity contribution in [1.82, 2.24) is 9.29 Å². The Kier molecular flexibility index (Phi) is 4.10. The number of rotatable bonds is 3. The Hall–Kier alpha value is -1.14. The van der Waals surface area contributed by atoms with Crippen LogP contribution in [0.15, 0.2) is 23.4 Å². The normalized spacial score (nSPS) is 25.2. The number of hydrogen-bond donors (Lipinski definition) is 1. The zero-order valence-electron chi connectivity index (χ0n) is 11.6. The summed E-state index contributed by atoms with van der Waals surface area (Å²) in [5.41, 5.74) is 0.549. The van der Waals surface area contributed by atoms with E-state index in [0.29, 0.717) is 18.2 Å². The second kappa shape index (κ2) is 5.46. The van der Waals surface area contributed by atoms with E-state index in [-0.39, 0.29) is 11.1 Å². The first-order valence-corrected chi connectivity index (χ1v) is 8.07. The van der Waals surface area contributed by atoms with Crippen molar-refractivity contribution >= 4 is 15.7 Å². The molecule has 1 aliphatic rings. The van der Waals surface area contributed by atoms with Gasteiger partial charge in [0.25, 0.3) is 10.0 Å². The van der Waals surface area contributed by atoms with Gasteiger partial charge >= 0.3 is 0 Å².